The quantitative estimate of drug-likeness (QED) is 0.577. The fourth-order valence-corrected chi connectivity index (χ4v) is 0.529. The molecule has 3 heteroatoms. The first-order valence-corrected chi connectivity index (χ1v) is 3.40. The van der Waals surface area contributed by atoms with Gasteiger partial charge < -0.3 is 11.1 Å². The van der Waals surface area contributed by atoms with Gasteiger partial charge in [0.25, 0.3) is 0 Å². The summed E-state index contributed by atoms with van der Waals surface area (Å²) >= 11 is 0. The molecule has 0 aliphatic heterocycles. The molecule has 0 unspecified atom stereocenters. The first-order valence-electron chi connectivity index (χ1n) is 3.40. The van der Waals surface area contributed by atoms with Gasteiger partial charge >= 0.3 is 0 Å². The van der Waals surface area contributed by atoms with Crippen LogP contribution in [0.3, 0.4) is 0 Å². The van der Waals surface area contributed by atoms with Crippen LogP contribution < -0.4 is 11.1 Å². The number of nitrogens with two attached hydrogens (primary N) is 1. The molecule has 0 fully saturated rings. The Hall–Kier alpha value is -0.570. The Bertz CT molecular complexity index is 130. The lowest BCUT2D eigenvalue weighted by Crippen LogP contribution is -2.46. The van der Waals surface area contributed by atoms with Gasteiger partial charge in [-0.25, -0.2) is 0 Å². The van der Waals surface area contributed by atoms with Crippen molar-refractivity contribution in [2.45, 2.75) is 26.8 Å². The van der Waals surface area contributed by atoms with Crippen molar-refractivity contribution in [1.29, 1.82) is 0 Å². The third-order valence-corrected chi connectivity index (χ3v) is 1.95. The Morgan fingerprint density at radius 1 is 1.60 bits per heavy atom. The summed E-state index contributed by atoms with van der Waals surface area (Å²) in [6.45, 7) is 5.49. The molecule has 0 spiro atoms. The summed E-state index contributed by atoms with van der Waals surface area (Å²) in [4.78, 5) is 11.1. The zero-order valence-electron chi connectivity index (χ0n) is 7.06. The summed E-state index contributed by atoms with van der Waals surface area (Å²) in [5.74, 6) is -0.0116. The lowest BCUT2D eigenvalue weighted by molar-refractivity contribution is -0.129. The van der Waals surface area contributed by atoms with Gasteiger partial charge in [-0.15, -0.1) is 0 Å². The maximum Gasteiger partial charge on any atom is 0.226 e. The maximum absolute atomic E-state index is 11.1. The van der Waals surface area contributed by atoms with Gasteiger partial charge in [-0.05, 0) is 20.8 Å². The minimum atomic E-state index is -0.464. The largest absolute Gasteiger partial charge is 0.359 e. The summed E-state index contributed by atoms with van der Waals surface area (Å²) in [6, 6.07) is -0.118. The molecule has 0 rings (SSSR count). The maximum atomic E-state index is 11.1. The van der Waals surface area contributed by atoms with E-state index in [9.17, 15) is 4.79 Å². The van der Waals surface area contributed by atoms with Gasteiger partial charge in [0, 0.05) is 13.1 Å². The Balaban J connectivity index is 4.24. The standard InChI is InChI=1S/C7H16N2O/c1-5(8)7(2,3)6(10)9-4/h5H,8H2,1-4H3,(H,9,10)/t5-/m0/s1. The number of amides is 1. The van der Waals surface area contributed by atoms with Gasteiger partial charge in [-0.2, -0.15) is 0 Å². The molecule has 0 bridgehead atoms. The average Bonchev–Trinajstić information content (AvgIpc) is 1.86. The summed E-state index contributed by atoms with van der Waals surface area (Å²) < 4.78 is 0. The molecular formula is C7H16N2O. The summed E-state index contributed by atoms with van der Waals surface area (Å²) in [6.07, 6.45) is 0. The number of rotatable bonds is 2. The summed E-state index contributed by atoms with van der Waals surface area (Å²) in [7, 11) is 1.62. The number of carbonyl (C=O) groups excluding carboxylic acids is 1. The predicted octanol–water partition coefficient (Wildman–Crippen LogP) is 0.106. The smallest absolute Gasteiger partial charge is 0.226 e. The topological polar surface area (TPSA) is 55.1 Å². The van der Waals surface area contributed by atoms with Crippen molar-refractivity contribution < 1.29 is 4.79 Å². The molecule has 0 heterocycles. The fraction of sp³-hybridized carbons (Fsp3) is 0.857. The van der Waals surface area contributed by atoms with E-state index >= 15 is 0 Å². The summed E-state index contributed by atoms with van der Waals surface area (Å²) in [5.41, 5.74) is 5.12. The van der Waals surface area contributed by atoms with Crippen molar-refractivity contribution in [2.24, 2.45) is 11.1 Å². The highest BCUT2D eigenvalue weighted by molar-refractivity contribution is 5.82. The van der Waals surface area contributed by atoms with Crippen LogP contribution in [0.15, 0.2) is 0 Å². The van der Waals surface area contributed by atoms with Gasteiger partial charge in [0.2, 0.25) is 5.91 Å². The zero-order chi connectivity index (χ0) is 8.36. The SMILES string of the molecule is CNC(=O)C(C)(C)[C@H](C)N. The van der Waals surface area contributed by atoms with Crippen molar-refractivity contribution in [3.63, 3.8) is 0 Å². The van der Waals surface area contributed by atoms with Crippen molar-refractivity contribution in [2.75, 3.05) is 7.05 Å². The van der Waals surface area contributed by atoms with Crippen molar-refractivity contribution in [3.05, 3.63) is 0 Å². The Morgan fingerprint density at radius 3 is 2.10 bits per heavy atom. The van der Waals surface area contributed by atoms with E-state index in [-0.39, 0.29) is 11.9 Å². The number of hydrogen-bond donors (Lipinski definition) is 2. The highest BCUT2D eigenvalue weighted by Gasteiger charge is 2.30. The summed E-state index contributed by atoms with van der Waals surface area (Å²) in [5, 5.41) is 2.57. The van der Waals surface area contributed by atoms with E-state index in [1.54, 1.807) is 7.05 Å². The lowest BCUT2D eigenvalue weighted by Gasteiger charge is -2.26. The predicted molar refractivity (Wildman–Crippen MR) is 41.5 cm³/mol. The van der Waals surface area contributed by atoms with E-state index in [1.807, 2.05) is 20.8 Å². The van der Waals surface area contributed by atoms with E-state index in [1.165, 1.54) is 0 Å². The highest BCUT2D eigenvalue weighted by atomic mass is 16.2. The normalized spacial score (nSPS) is 14.5. The molecular weight excluding hydrogens is 128 g/mol. The van der Waals surface area contributed by atoms with Crippen LogP contribution in [-0.4, -0.2) is 19.0 Å². The number of hydrogen-bond acceptors (Lipinski definition) is 2. The van der Waals surface area contributed by atoms with Crippen LogP contribution in [0.5, 0.6) is 0 Å². The molecule has 1 amide bonds. The van der Waals surface area contributed by atoms with Gasteiger partial charge in [-0.1, -0.05) is 0 Å². The fourth-order valence-electron chi connectivity index (χ4n) is 0.529. The Morgan fingerprint density at radius 2 is 2.00 bits per heavy atom. The van der Waals surface area contributed by atoms with Gasteiger partial charge in [0.1, 0.15) is 0 Å². The molecule has 0 aromatic rings. The van der Waals surface area contributed by atoms with E-state index in [4.69, 9.17) is 5.73 Å². The van der Waals surface area contributed by atoms with Crippen LogP contribution in [0.4, 0.5) is 0 Å². The van der Waals surface area contributed by atoms with Gasteiger partial charge in [0.05, 0.1) is 5.41 Å². The molecule has 0 saturated carbocycles. The van der Waals surface area contributed by atoms with E-state index in [0.29, 0.717) is 0 Å². The van der Waals surface area contributed by atoms with Crippen LogP contribution in [-0.2, 0) is 4.79 Å². The van der Waals surface area contributed by atoms with Gasteiger partial charge in [0.15, 0.2) is 0 Å². The second-order valence-corrected chi connectivity index (χ2v) is 3.09. The molecule has 1 atom stereocenters. The molecule has 3 nitrogen and oxygen atoms in total. The van der Waals surface area contributed by atoms with Crippen LogP contribution in [0.25, 0.3) is 0 Å². The number of nitrogens with one attached hydrogen (secondary N) is 1. The van der Waals surface area contributed by atoms with Gasteiger partial charge in [-0.3, -0.25) is 4.79 Å². The molecule has 0 aromatic heterocycles. The van der Waals surface area contributed by atoms with E-state index in [2.05, 4.69) is 5.32 Å². The monoisotopic (exact) mass is 144 g/mol. The van der Waals surface area contributed by atoms with E-state index < -0.39 is 5.41 Å². The molecule has 0 saturated heterocycles. The molecule has 0 aliphatic rings. The molecule has 10 heavy (non-hydrogen) atoms. The van der Waals surface area contributed by atoms with Crippen molar-refractivity contribution >= 4 is 5.91 Å². The molecule has 3 N–H and O–H groups in total. The molecule has 0 aromatic carbocycles. The Kier molecular flexibility index (Phi) is 2.84. The van der Waals surface area contributed by atoms with Crippen LogP contribution in [0.2, 0.25) is 0 Å². The molecule has 60 valence electrons. The van der Waals surface area contributed by atoms with Crippen molar-refractivity contribution in [1.82, 2.24) is 5.32 Å². The minimum Gasteiger partial charge on any atom is -0.359 e. The second kappa shape index (κ2) is 3.01. The third-order valence-electron chi connectivity index (χ3n) is 1.95. The van der Waals surface area contributed by atoms with Crippen LogP contribution in [0.1, 0.15) is 20.8 Å². The van der Waals surface area contributed by atoms with Crippen LogP contribution in [0, 0.1) is 5.41 Å². The average molecular weight is 144 g/mol. The van der Waals surface area contributed by atoms with Crippen LogP contribution >= 0.6 is 0 Å². The number of carbonyl (C=O) groups is 1. The minimum absolute atomic E-state index is 0.0116. The van der Waals surface area contributed by atoms with E-state index in [0.717, 1.165) is 0 Å². The molecule has 0 aliphatic carbocycles. The molecule has 0 radical (unpaired) electrons. The first kappa shape index (κ1) is 9.43. The Labute approximate surface area is 62.0 Å². The van der Waals surface area contributed by atoms with Crippen molar-refractivity contribution in [3.8, 4) is 0 Å². The lowest BCUT2D eigenvalue weighted by atomic mass is 9.85. The zero-order valence-corrected chi connectivity index (χ0v) is 7.06. The second-order valence-electron chi connectivity index (χ2n) is 3.09. The third kappa shape index (κ3) is 1.70. The first-order chi connectivity index (χ1) is 4.42. The highest BCUT2D eigenvalue weighted by Crippen LogP contribution is 2.18.